The highest BCUT2D eigenvalue weighted by atomic mass is 35.5. The molecule has 5 heteroatoms. The molecule has 0 amide bonds. The van der Waals surface area contributed by atoms with Crippen molar-refractivity contribution < 1.29 is 9.53 Å². The fraction of sp³-hybridized carbons (Fsp3) is 0.0769. The molecule has 0 spiro atoms. The molecule has 18 heavy (non-hydrogen) atoms. The van der Waals surface area contributed by atoms with Crippen molar-refractivity contribution in [2.75, 3.05) is 6.61 Å². The third kappa shape index (κ3) is 3.63. The Morgan fingerprint density at radius 3 is 2.83 bits per heavy atom. The number of nitriles is 1. The molecule has 0 heterocycles. The molecule has 0 bridgehead atoms. The molecule has 0 aliphatic carbocycles. The van der Waals surface area contributed by atoms with Crippen molar-refractivity contribution in [1.82, 2.24) is 0 Å². The summed E-state index contributed by atoms with van der Waals surface area (Å²) in [6, 6.07) is 6.69. The van der Waals surface area contributed by atoms with Crippen LogP contribution in [0.25, 0.3) is 6.08 Å². The summed E-state index contributed by atoms with van der Waals surface area (Å²) in [5, 5.41) is 9.53. The molecule has 0 aromatic heterocycles. The first-order valence-electron chi connectivity index (χ1n) is 4.94. The van der Waals surface area contributed by atoms with E-state index in [0.717, 1.165) is 0 Å². The van der Waals surface area contributed by atoms with Crippen LogP contribution in [-0.2, 0) is 9.53 Å². The van der Waals surface area contributed by atoms with Crippen LogP contribution in [0.2, 0.25) is 10.0 Å². The number of carbonyl (C=O) groups excluding carboxylic acids is 1. The molecule has 3 nitrogen and oxygen atoms in total. The number of ether oxygens (including phenoxy) is 1. The number of nitrogens with zero attached hydrogens (tertiary/aromatic N) is 1. The number of carbonyl (C=O) groups is 1. The minimum Gasteiger partial charge on any atom is -0.457 e. The van der Waals surface area contributed by atoms with Gasteiger partial charge in [-0.1, -0.05) is 48.0 Å². The summed E-state index contributed by atoms with van der Waals surface area (Å²) < 4.78 is 4.76. The summed E-state index contributed by atoms with van der Waals surface area (Å²) in [6.45, 7) is 3.45. The third-order valence-corrected chi connectivity index (χ3v) is 2.79. The van der Waals surface area contributed by atoms with E-state index in [-0.39, 0.29) is 17.2 Å². The van der Waals surface area contributed by atoms with Gasteiger partial charge in [0, 0.05) is 0 Å². The zero-order valence-electron chi connectivity index (χ0n) is 9.32. The molecule has 0 radical (unpaired) electrons. The first-order chi connectivity index (χ1) is 8.60. The summed E-state index contributed by atoms with van der Waals surface area (Å²) in [7, 11) is 0. The van der Waals surface area contributed by atoms with Crippen LogP contribution in [0.5, 0.6) is 0 Å². The molecule has 0 fully saturated rings. The summed E-state index contributed by atoms with van der Waals surface area (Å²) in [5.41, 5.74) is 0.331. The van der Waals surface area contributed by atoms with Crippen LogP contribution in [-0.4, -0.2) is 12.6 Å². The summed E-state index contributed by atoms with van der Waals surface area (Å²) >= 11 is 11.8. The lowest BCUT2D eigenvalue weighted by atomic mass is 10.1. The maximum absolute atomic E-state index is 11.5. The van der Waals surface area contributed by atoms with E-state index in [1.54, 1.807) is 24.3 Å². The Morgan fingerprint density at radius 2 is 2.22 bits per heavy atom. The Balaban J connectivity index is 3.05. The molecule has 1 rings (SSSR count). The second-order valence-corrected chi connectivity index (χ2v) is 3.99. The highest BCUT2D eigenvalue weighted by Gasteiger charge is 2.11. The maximum atomic E-state index is 11.5. The molecule has 92 valence electrons. The quantitative estimate of drug-likeness (QED) is 0.367. The van der Waals surface area contributed by atoms with Gasteiger partial charge in [-0.25, -0.2) is 4.79 Å². The van der Waals surface area contributed by atoms with Gasteiger partial charge in [0.15, 0.2) is 0 Å². The lowest BCUT2D eigenvalue weighted by Gasteiger charge is -2.02. The normalized spacial score (nSPS) is 10.6. The Kier molecular flexibility index (Phi) is 5.44. The maximum Gasteiger partial charge on any atom is 0.349 e. The van der Waals surface area contributed by atoms with E-state index in [0.29, 0.717) is 10.6 Å². The lowest BCUT2D eigenvalue weighted by Crippen LogP contribution is -2.06. The number of hydrogen-bond donors (Lipinski definition) is 0. The van der Waals surface area contributed by atoms with Crippen LogP contribution in [0.3, 0.4) is 0 Å². The van der Waals surface area contributed by atoms with Gasteiger partial charge in [-0.3, -0.25) is 0 Å². The van der Waals surface area contributed by atoms with Gasteiger partial charge in [0.25, 0.3) is 0 Å². The predicted octanol–water partition coefficient (Wildman–Crippen LogP) is 3.63. The van der Waals surface area contributed by atoms with Gasteiger partial charge >= 0.3 is 5.97 Å². The lowest BCUT2D eigenvalue weighted by molar-refractivity contribution is -0.137. The van der Waals surface area contributed by atoms with Gasteiger partial charge in [-0.15, -0.1) is 0 Å². The van der Waals surface area contributed by atoms with Crippen molar-refractivity contribution in [3.63, 3.8) is 0 Å². The topological polar surface area (TPSA) is 50.1 Å². The molecule has 0 saturated heterocycles. The highest BCUT2D eigenvalue weighted by Crippen LogP contribution is 2.27. The van der Waals surface area contributed by atoms with E-state index < -0.39 is 5.97 Å². The molecule has 0 aliphatic heterocycles. The van der Waals surface area contributed by atoms with Crippen molar-refractivity contribution in [3.8, 4) is 6.07 Å². The molecule has 0 aliphatic rings. The zero-order valence-corrected chi connectivity index (χ0v) is 10.8. The third-order valence-electron chi connectivity index (χ3n) is 1.95. The average molecular weight is 282 g/mol. The van der Waals surface area contributed by atoms with Crippen LogP contribution in [0.1, 0.15) is 5.56 Å². The smallest absolute Gasteiger partial charge is 0.349 e. The van der Waals surface area contributed by atoms with Crippen molar-refractivity contribution in [3.05, 3.63) is 52.0 Å². The standard InChI is InChI=1S/C13H9Cl2NO2/c1-2-6-18-13(17)10(8-16)7-9-4-3-5-11(14)12(9)15/h2-5,7H,1,6H2. The van der Waals surface area contributed by atoms with E-state index in [4.69, 9.17) is 33.2 Å². The minimum atomic E-state index is -0.728. The van der Waals surface area contributed by atoms with Crippen LogP contribution in [0, 0.1) is 11.3 Å². The number of rotatable bonds is 4. The van der Waals surface area contributed by atoms with Crippen molar-refractivity contribution >= 4 is 35.2 Å². The minimum absolute atomic E-state index is 0.0428. The molecular weight excluding hydrogens is 273 g/mol. The molecule has 1 aromatic rings. The first kappa shape index (κ1) is 14.3. The van der Waals surface area contributed by atoms with Gasteiger partial charge in [0.1, 0.15) is 18.2 Å². The Bertz CT molecular complexity index is 544. The molecule has 0 N–H and O–H groups in total. The molecule has 1 aromatic carbocycles. The fourth-order valence-electron chi connectivity index (χ4n) is 1.14. The highest BCUT2D eigenvalue weighted by molar-refractivity contribution is 6.42. The molecule has 0 unspecified atom stereocenters. The largest absolute Gasteiger partial charge is 0.457 e. The molecule has 0 atom stereocenters. The van der Waals surface area contributed by atoms with Crippen LogP contribution < -0.4 is 0 Å². The van der Waals surface area contributed by atoms with Gasteiger partial charge in [-0.2, -0.15) is 5.26 Å². The van der Waals surface area contributed by atoms with Gasteiger partial charge in [0.2, 0.25) is 0 Å². The van der Waals surface area contributed by atoms with Crippen molar-refractivity contribution in [2.24, 2.45) is 0 Å². The number of benzene rings is 1. The zero-order chi connectivity index (χ0) is 13.5. The van der Waals surface area contributed by atoms with Crippen molar-refractivity contribution in [1.29, 1.82) is 5.26 Å². The molecule has 0 saturated carbocycles. The Morgan fingerprint density at radius 1 is 1.50 bits per heavy atom. The average Bonchev–Trinajstić information content (AvgIpc) is 2.37. The predicted molar refractivity (Wildman–Crippen MR) is 71.2 cm³/mol. The fourth-order valence-corrected chi connectivity index (χ4v) is 1.50. The van der Waals surface area contributed by atoms with E-state index in [2.05, 4.69) is 6.58 Å². The van der Waals surface area contributed by atoms with Crippen LogP contribution in [0.4, 0.5) is 0 Å². The number of esters is 1. The van der Waals surface area contributed by atoms with Gasteiger partial charge < -0.3 is 4.74 Å². The summed E-state index contributed by atoms with van der Waals surface area (Å²) in [5.74, 6) is -0.728. The Hall–Kier alpha value is -1.76. The van der Waals surface area contributed by atoms with Gasteiger partial charge in [0.05, 0.1) is 10.0 Å². The van der Waals surface area contributed by atoms with Crippen LogP contribution in [0.15, 0.2) is 36.4 Å². The Labute approximate surface area is 115 Å². The first-order valence-corrected chi connectivity index (χ1v) is 5.69. The number of halogens is 2. The van der Waals surface area contributed by atoms with E-state index in [9.17, 15) is 4.79 Å². The monoisotopic (exact) mass is 281 g/mol. The molecular formula is C13H9Cl2NO2. The second kappa shape index (κ2) is 6.85. The van der Waals surface area contributed by atoms with E-state index >= 15 is 0 Å². The second-order valence-electron chi connectivity index (χ2n) is 3.20. The summed E-state index contributed by atoms with van der Waals surface area (Å²) in [6.07, 6.45) is 2.75. The number of hydrogen-bond acceptors (Lipinski definition) is 3. The summed E-state index contributed by atoms with van der Waals surface area (Å²) in [4.78, 5) is 11.5. The SMILES string of the molecule is C=CCOC(=O)C(C#N)=Cc1cccc(Cl)c1Cl. The van der Waals surface area contributed by atoms with E-state index in [1.807, 2.05) is 0 Å². The van der Waals surface area contributed by atoms with Crippen LogP contribution >= 0.6 is 23.2 Å². The van der Waals surface area contributed by atoms with Crippen molar-refractivity contribution in [2.45, 2.75) is 0 Å². The van der Waals surface area contributed by atoms with E-state index in [1.165, 1.54) is 12.2 Å². The van der Waals surface area contributed by atoms with Gasteiger partial charge in [-0.05, 0) is 17.7 Å².